The van der Waals surface area contributed by atoms with E-state index in [0.29, 0.717) is 34.6 Å². The molecule has 146 valence electrons. The van der Waals surface area contributed by atoms with Crippen molar-refractivity contribution in [2.75, 3.05) is 5.32 Å². The monoisotopic (exact) mass is 451 g/mol. The van der Waals surface area contributed by atoms with Gasteiger partial charge in [-0.2, -0.15) is 0 Å². The maximum atomic E-state index is 13.4. The second-order valence-corrected chi connectivity index (χ2v) is 8.22. The van der Waals surface area contributed by atoms with E-state index >= 15 is 0 Å². The van der Waals surface area contributed by atoms with Crippen molar-refractivity contribution in [1.29, 1.82) is 0 Å². The first-order valence-corrected chi connectivity index (χ1v) is 10.3. The Bertz CT molecular complexity index is 1220. The standard InChI is InChI=1S/C22H18BrN3O3/c23-12-9-10-16(27)14(11-12)18-19-15(7-4-8-17(19)28)24-21-20(18)22(29)26(25-21)13-5-2-1-3-6-13/h1-3,5-6,9-11,18,24-25,27H,4,7-8H2/t18-/m0/s1. The Kier molecular flexibility index (Phi) is 4.20. The lowest BCUT2D eigenvalue weighted by Crippen LogP contribution is -2.30. The quantitative estimate of drug-likeness (QED) is 0.544. The van der Waals surface area contributed by atoms with Crippen molar-refractivity contribution in [3.8, 4) is 11.4 Å². The van der Waals surface area contributed by atoms with Gasteiger partial charge in [0.15, 0.2) is 5.78 Å². The van der Waals surface area contributed by atoms with E-state index in [4.69, 9.17) is 0 Å². The van der Waals surface area contributed by atoms with Gasteiger partial charge in [0.25, 0.3) is 5.56 Å². The predicted octanol–water partition coefficient (Wildman–Crippen LogP) is 4.20. The summed E-state index contributed by atoms with van der Waals surface area (Å²) in [7, 11) is 0. The number of Topliss-reactive ketones (excluding diaryl/α,β-unsaturated/α-hetero) is 1. The van der Waals surface area contributed by atoms with Gasteiger partial charge >= 0.3 is 0 Å². The number of phenolic OH excluding ortho intramolecular Hbond substituents is 1. The molecule has 5 rings (SSSR count). The molecule has 0 radical (unpaired) electrons. The van der Waals surface area contributed by atoms with Crippen LogP contribution in [0.5, 0.6) is 5.75 Å². The van der Waals surface area contributed by atoms with E-state index in [1.807, 2.05) is 30.3 Å². The van der Waals surface area contributed by atoms with Gasteiger partial charge in [-0.25, -0.2) is 4.68 Å². The van der Waals surface area contributed by atoms with Crippen LogP contribution in [0.1, 0.15) is 36.3 Å². The number of aromatic nitrogens is 2. The number of anilines is 1. The van der Waals surface area contributed by atoms with Crippen LogP contribution in [0.4, 0.5) is 5.82 Å². The van der Waals surface area contributed by atoms with Crippen LogP contribution in [0.15, 0.2) is 69.1 Å². The average molecular weight is 452 g/mol. The number of allylic oxidation sites excluding steroid dienone is 2. The van der Waals surface area contributed by atoms with Crippen molar-refractivity contribution in [2.24, 2.45) is 0 Å². The normalized spacial score (nSPS) is 18.2. The summed E-state index contributed by atoms with van der Waals surface area (Å²) in [5.74, 6) is 0.0145. The zero-order chi connectivity index (χ0) is 20.1. The maximum Gasteiger partial charge on any atom is 0.277 e. The molecule has 1 aliphatic carbocycles. The smallest absolute Gasteiger partial charge is 0.277 e. The summed E-state index contributed by atoms with van der Waals surface area (Å²) < 4.78 is 2.25. The number of H-pyrrole nitrogens is 1. The van der Waals surface area contributed by atoms with Crippen molar-refractivity contribution in [3.63, 3.8) is 0 Å². The predicted molar refractivity (Wildman–Crippen MR) is 114 cm³/mol. The molecule has 7 heteroatoms. The van der Waals surface area contributed by atoms with Gasteiger partial charge in [0.05, 0.1) is 17.2 Å². The van der Waals surface area contributed by atoms with Crippen LogP contribution in [0.25, 0.3) is 5.69 Å². The fraction of sp³-hybridized carbons (Fsp3) is 0.182. The molecule has 2 aromatic carbocycles. The summed E-state index contributed by atoms with van der Waals surface area (Å²) in [5.41, 5.74) is 2.84. The van der Waals surface area contributed by atoms with Crippen LogP contribution < -0.4 is 10.9 Å². The van der Waals surface area contributed by atoms with Crippen LogP contribution in [0.3, 0.4) is 0 Å². The molecule has 2 heterocycles. The number of rotatable bonds is 2. The molecule has 0 bridgehead atoms. The number of hydrogen-bond donors (Lipinski definition) is 3. The lowest BCUT2D eigenvalue weighted by Gasteiger charge is -2.31. The largest absolute Gasteiger partial charge is 0.508 e. The third-order valence-corrected chi connectivity index (χ3v) is 6.04. The summed E-state index contributed by atoms with van der Waals surface area (Å²) in [6, 6.07) is 14.4. The molecular formula is C22H18BrN3O3. The zero-order valence-corrected chi connectivity index (χ0v) is 17.0. The molecule has 0 saturated carbocycles. The SMILES string of the molecule is O=C1CCCC2=C1[C@H](c1cc(Br)ccc1O)c1c([nH]n(-c3ccccc3)c1=O)N2. The van der Waals surface area contributed by atoms with Gasteiger partial charge in [-0.05, 0) is 43.2 Å². The van der Waals surface area contributed by atoms with Crippen molar-refractivity contribution in [1.82, 2.24) is 9.78 Å². The first-order chi connectivity index (χ1) is 14.0. The fourth-order valence-electron chi connectivity index (χ4n) is 4.26. The highest BCUT2D eigenvalue weighted by molar-refractivity contribution is 9.10. The Balaban J connectivity index is 1.79. The van der Waals surface area contributed by atoms with Gasteiger partial charge in [-0.15, -0.1) is 0 Å². The molecule has 2 aliphatic rings. The van der Waals surface area contributed by atoms with E-state index in [1.165, 1.54) is 4.68 Å². The number of benzene rings is 2. The van der Waals surface area contributed by atoms with Crippen molar-refractivity contribution < 1.29 is 9.90 Å². The third-order valence-electron chi connectivity index (χ3n) is 5.55. The molecule has 0 spiro atoms. The minimum absolute atomic E-state index is 0.0145. The van der Waals surface area contributed by atoms with E-state index in [9.17, 15) is 14.7 Å². The van der Waals surface area contributed by atoms with E-state index in [0.717, 1.165) is 23.0 Å². The Hall–Kier alpha value is -3.06. The van der Waals surface area contributed by atoms with E-state index in [1.54, 1.807) is 18.2 Å². The first kappa shape index (κ1) is 18.0. The minimum Gasteiger partial charge on any atom is -0.508 e. The molecule has 0 saturated heterocycles. The molecule has 3 N–H and O–H groups in total. The van der Waals surface area contributed by atoms with Crippen molar-refractivity contribution >= 4 is 27.5 Å². The lowest BCUT2D eigenvalue weighted by molar-refractivity contribution is -0.116. The molecular weight excluding hydrogens is 434 g/mol. The fourth-order valence-corrected chi connectivity index (χ4v) is 4.64. The molecule has 1 atom stereocenters. The van der Waals surface area contributed by atoms with Gasteiger partial charge in [0.2, 0.25) is 0 Å². The van der Waals surface area contributed by atoms with Crippen LogP contribution in [-0.2, 0) is 4.79 Å². The summed E-state index contributed by atoms with van der Waals surface area (Å²) in [6.07, 6.45) is 1.93. The topological polar surface area (TPSA) is 87.1 Å². The number of halogens is 1. The number of nitrogens with zero attached hydrogens (tertiary/aromatic N) is 1. The van der Waals surface area contributed by atoms with E-state index in [2.05, 4.69) is 26.3 Å². The number of para-hydroxylation sites is 1. The van der Waals surface area contributed by atoms with Crippen LogP contribution >= 0.6 is 15.9 Å². The Morgan fingerprint density at radius 1 is 1.07 bits per heavy atom. The highest BCUT2D eigenvalue weighted by Crippen LogP contribution is 2.46. The number of aromatic hydroxyl groups is 1. The number of carbonyl (C=O) groups excluding carboxylic acids is 1. The van der Waals surface area contributed by atoms with Crippen molar-refractivity contribution in [3.05, 3.63) is 85.8 Å². The summed E-state index contributed by atoms with van der Waals surface area (Å²) in [4.78, 5) is 26.3. The van der Waals surface area contributed by atoms with Gasteiger partial charge < -0.3 is 10.4 Å². The highest BCUT2D eigenvalue weighted by atomic mass is 79.9. The number of nitrogens with one attached hydrogen (secondary N) is 2. The number of phenols is 1. The number of hydrogen-bond acceptors (Lipinski definition) is 4. The van der Waals surface area contributed by atoms with Crippen LogP contribution in [-0.4, -0.2) is 20.7 Å². The lowest BCUT2D eigenvalue weighted by atomic mass is 9.76. The van der Waals surface area contributed by atoms with Gasteiger partial charge in [-0.3, -0.25) is 14.7 Å². The van der Waals surface area contributed by atoms with Crippen LogP contribution in [0, 0.1) is 0 Å². The molecule has 0 amide bonds. The molecule has 0 unspecified atom stereocenters. The van der Waals surface area contributed by atoms with Gasteiger partial charge in [-0.1, -0.05) is 34.1 Å². The Morgan fingerprint density at radius 3 is 2.66 bits per heavy atom. The molecule has 6 nitrogen and oxygen atoms in total. The van der Waals surface area contributed by atoms with Crippen molar-refractivity contribution in [2.45, 2.75) is 25.2 Å². The first-order valence-electron chi connectivity index (χ1n) is 9.46. The molecule has 1 aliphatic heterocycles. The zero-order valence-electron chi connectivity index (χ0n) is 15.4. The number of aromatic amines is 1. The minimum atomic E-state index is -0.625. The average Bonchev–Trinajstić information content (AvgIpc) is 3.05. The molecule has 29 heavy (non-hydrogen) atoms. The summed E-state index contributed by atoms with van der Waals surface area (Å²) >= 11 is 3.45. The second-order valence-electron chi connectivity index (χ2n) is 7.31. The second kappa shape index (κ2) is 6.77. The highest BCUT2D eigenvalue weighted by Gasteiger charge is 2.39. The number of carbonyl (C=O) groups is 1. The van der Waals surface area contributed by atoms with Gasteiger partial charge in [0.1, 0.15) is 11.6 Å². The molecule has 0 fully saturated rings. The maximum absolute atomic E-state index is 13.4. The molecule has 3 aromatic rings. The number of fused-ring (bicyclic) bond motifs is 1. The number of ketones is 1. The third kappa shape index (κ3) is 2.84. The summed E-state index contributed by atoms with van der Waals surface area (Å²) in [6.45, 7) is 0. The Morgan fingerprint density at radius 2 is 1.86 bits per heavy atom. The van der Waals surface area contributed by atoms with Gasteiger partial charge in [0, 0.05) is 27.7 Å². The molecule has 1 aromatic heterocycles. The van der Waals surface area contributed by atoms with Crippen LogP contribution in [0.2, 0.25) is 0 Å². The van der Waals surface area contributed by atoms with E-state index < -0.39 is 5.92 Å². The Labute approximate surface area is 175 Å². The summed E-state index contributed by atoms with van der Waals surface area (Å²) in [5, 5.41) is 17.0. The van der Waals surface area contributed by atoms with E-state index in [-0.39, 0.29) is 17.1 Å².